The number of amides is 1. The molecule has 4 nitrogen and oxygen atoms in total. The van der Waals surface area contributed by atoms with Crippen molar-refractivity contribution in [1.29, 1.82) is 0 Å². The molecule has 0 aromatic heterocycles. The second kappa shape index (κ2) is 8.01. The molecule has 0 atom stereocenters. The number of ether oxygens (including phenoxy) is 1. The van der Waals surface area contributed by atoms with E-state index in [1.54, 1.807) is 19.0 Å². The highest BCUT2D eigenvalue weighted by atomic mass is 16.5. The van der Waals surface area contributed by atoms with E-state index in [0.717, 1.165) is 19.6 Å². The van der Waals surface area contributed by atoms with E-state index in [4.69, 9.17) is 4.74 Å². The Hall–Kier alpha value is -0.610. The number of likely N-dealkylation sites (N-methyl/N-ethyl adjacent to an activating group) is 1. The summed E-state index contributed by atoms with van der Waals surface area (Å²) < 4.78 is 5.24. The maximum Gasteiger partial charge on any atom is 0.236 e. The standard InChI is InChI=1S/C9H20N2O2/c1-4-6-13-7-5-10-8-9(12)11(2)3/h10H,4-8H2,1-3H3. The first kappa shape index (κ1) is 12.4. The average Bonchev–Trinajstić information content (AvgIpc) is 2.10. The zero-order valence-corrected chi connectivity index (χ0v) is 8.80. The third-order valence-electron chi connectivity index (χ3n) is 1.55. The van der Waals surface area contributed by atoms with Gasteiger partial charge in [-0.3, -0.25) is 4.79 Å². The zero-order chi connectivity index (χ0) is 10.1. The Morgan fingerprint density at radius 3 is 2.62 bits per heavy atom. The molecule has 0 aliphatic rings. The van der Waals surface area contributed by atoms with Crippen LogP contribution in [0.1, 0.15) is 13.3 Å². The number of nitrogens with one attached hydrogen (secondary N) is 1. The predicted octanol–water partition coefficient (Wildman–Crippen LogP) is 0.0908. The molecule has 78 valence electrons. The molecular weight excluding hydrogens is 168 g/mol. The molecule has 0 bridgehead atoms. The summed E-state index contributed by atoms with van der Waals surface area (Å²) in [5.74, 6) is 0.0930. The average molecular weight is 188 g/mol. The summed E-state index contributed by atoms with van der Waals surface area (Å²) in [6.45, 7) is 4.67. The van der Waals surface area contributed by atoms with Gasteiger partial charge in [-0.25, -0.2) is 0 Å². The molecule has 0 fully saturated rings. The molecule has 0 aromatic carbocycles. The van der Waals surface area contributed by atoms with E-state index < -0.39 is 0 Å². The van der Waals surface area contributed by atoms with Crippen LogP contribution in [0.4, 0.5) is 0 Å². The van der Waals surface area contributed by atoms with Gasteiger partial charge in [0.05, 0.1) is 13.2 Å². The van der Waals surface area contributed by atoms with Gasteiger partial charge in [0.1, 0.15) is 0 Å². The van der Waals surface area contributed by atoms with Gasteiger partial charge in [-0.05, 0) is 6.42 Å². The maximum atomic E-state index is 11.1. The van der Waals surface area contributed by atoms with Crippen LogP contribution < -0.4 is 5.32 Å². The van der Waals surface area contributed by atoms with Crippen molar-refractivity contribution < 1.29 is 9.53 Å². The molecule has 1 amide bonds. The molecule has 0 spiro atoms. The second-order valence-corrected chi connectivity index (χ2v) is 3.08. The lowest BCUT2D eigenvalue weighted by Gasteiger charge is -2.10. The first-order valence-corrected chi connectivity index (χ1v) is 4.67. The molecule has 0 radical (unpaired) electrons. The van der Waals surface area contributed by atoms with E-state index >= 15 is 0 Å². The first-order chi connectivity index (χ1) is 6.18. The highest BCUT2D eigenvalue weighted by Gasteiger charge is 2.01. The van der Waals surface area contributed by atoms with E-state index in [1.807, 2.05) is 0 Å². The Balaban J connectivity index is 3.12. The van der Waals surface area contributed by atoms with Crippen LogP contribution in [0.3, 0.4) is 0 Å². The van der Waals surface area contributed by atoms with Crippen LogP contribution in [0.2, 0.25) is 0 Å². The Morgan fingerprint density at radius 1 is 1.38 bits per heavy atom. The number of carbonyl (C=O) groups excluding carboxylic acids is 1. The van der Waals surface area contributed by atoms with Crippen LogP contribution in [0.5, 0.6) is 0 Å². The molecule has 4 heteroatoms. The monoisotopic (exact) mass is 188 g/mol. The van der Waals surface area contributed by atoms with Crippen molar-refractivity contribution in [2.75, 3.05) is 40.4 Å². The molecule has 1 N–H and O–H groups in total. The van der Waals surface area contributed by atoms with Gasteiger partial charge in [-0.1, -0.05) is 6.92 Å². The zero-order valence-electron chi connectivity index (χ0n) is 8.80. The summed E-state index contributed by atoms with van der Waals surface area (Å²) in [6, 6.07) is 0. The molecule has 0 unspecified atom stereocenters. The van der Waals surface area contributed by atoms with Gasteiger partial charge >= 0.3 is 0 Å². The van der Waals surface area contributed by atoms with Gasteiger partial charge in [-0.2, -0.15) is 0 Å². The van der Waals surface area contributed by atoms with Crippen molar-refractivity contribution in [2.45, 2.75) is 13.3 Å². The molecular formula is C9H20N2O2. The normalized spacial score (nSPS) is 10.1. The number of hydrogen-bond acceptors (Lipinski definition) is 3. The maximum absolute atomic E-state index is 11.1. The Labute approximate surface area is 80.2 Å². The second-order valence-electron chi connectivity index (χ2n) is 3.08. The van der Waals surface area contributed by atoms with Gasteiger partial charge in [0.2, 0.25) is 5.91 Å². The number of hydrogen-bond donors (Lipinski definition) is 1. The highest BCUT2D eigenvalue weighted by Crippen LogP contribution is 1.79. The van der Waals surface area contributed by atoms with Crippen molar-refractivity contribution in [2.24, 2.45) is 0 Å². The molecule has 0 aliphatic heterocycles. The summed E-state index contributed by atoms with van der Waals surface area (Å²) >= 11 is 0. The lowest BCUT2D eigenvalue weighted by molar-refractivity contribution is -0.127. The third kappa shape index (κ3) is 7.74. The Morgan fingerprint density at radius 2 is 2.08 bits per heavy atom. The van der Waals surface area contributed by atoms with E-state index in [0.29, 0.717) is 13.2 Å². The van der Waals surface area contributed by atoms with Crippen LogP contribution >= 0.6 is 0 Å². The van der Waals surface area contributed by atoms with Crippen molar-refractivity contribution >= 4 is 5.91 Å². The van der Waals surface area contributed by atoms with Crippen molar-refractivity contribution in [3.63, 3.8) is 0 Å². The fourth-order valence-corrected chi connectivity index (χ4v) is 0.744. The van der Waals surface area contributed by atoms with Gasteiger partial charge < -0.3 is 15.0 Å². The summed E-state index contributed by atoms with van der Waals surface area (Å²) in [4.78, 5) is 12.6. The number of nitrogens with zero attached hydrogens (tertiary/aromatic N) is 1. The molecule has 13 heavy (non-hydrogen) atoms. The fourth-order valence-electron chi connectivity index (χ4n) is 0.744. The van der Waals surface area contributed by atoms with E-state index in [2.05, 4.69) is 12.2 Å². The first-order valence-electron chi connectivity index (χ1n) is 4.67. The van der Waals surface area contributed by atoms with Crippen molar-refractivity contribution in [3.8, 4) is 0 Å². The van der Waals surface area contributed by atoms with Crippen LogP contribution in [-0.4, -0.2) is 51.2 Å². The smallest absolute Gasteiger partial charge is 0.236 e. The molecule has 0 saturated carbocycles. The van der Waals surface area contributed by atoms with E-state index in [-0.39, 0.29) is 5.91 Å². The van der Waals surface area contributed by atoms with Gasteiger partial charge in [0.15, 0.2) is 0 Å². The SMILES string of the molecule is CCCOCCNCC(=O)N(C)C. The summed E-state index contributed by atoms with van der Waals surface area (Å²) in [5, 5.41) is 3.01. The van der Waals surface area contributed by atoms with Crippen molar-refractivity contribution in [3.05, 3.63) is 0 Å². The van der Waals surface area contributed by atoms with Crippen LogP contribution in [0.15, 0.2) is 0 Å². The largest absolute Gasteiger partial charge is 0.380 e. The van der Waals surface area contributed by atoms with Crippen LogP contribution in [0, 0.1) is 0 Å². The lowest BCUT2D eigenvalue weighted by Crippen LogP contribution is -2.34. The predicted molar refractivity (Wildman–Crippen MR) is 52.7 cm³/mol. The summed E-state index contributed by atoms with van der Waals surface area (Å²) in [6.07, 6.45) is 1.04. The molecule has 0 aliphatic carbocycles. The lowest BCUT2D eigenvalue weighted by atomic mass is 10.5. The molecule has 0 heterocycles. The molecule has 0 saturated heterocycles. The van der Waals surface area contributed by atoms with Crippen LogP contribution in [-0.2, 0) is 9.53 Å². The molecule has 0 rings (SSSR count). The topological polar surface area (TPSA) is 41.6 Å². The molecule has 0 aromatic rings. The van der Waals surface area contributed by atoms with Crippen LogP contribution in [0.25, 0.3) is 0 Å². The number of rotatable bonds is 7. The van der Waals surface area contributed by atoms with Gasteiger partial charge in [0.25, 0.3) is 0 Å². The minimum absolute atomic E-state index is 0.0930. The third-order valence-corrected chi connectivity index (χ3v) is 1.55. The minimum atomic E-state index is 0.0930. The Bertz CT molecular complexity index is 138. The van der Waals surface area contributed by atoms with E-state index in [1.165, 1.54) is 0 Å². The summed E-state index contributed by atoms with van der Waals surface area (Å²) in [5.41, 5.74) is 0. The quantitative estimate of drug-likeness (QED) is 0.576. The fraction of sp³-hybridized carbons (Fsp3) is 0.889. The van der Waals surface area contributed by atoms with Crippen molar-refractivity contribution in [1.82, 2.24) is 10.2 Å². The van der Waals surface area contributed by atoms with Gasteiger partial charge in [0, 0.05) is 27.2 Å². The number of carbonyl (C=O) groups is 1. The highest BCUT2D eigenvalue weighted by molar-refractivity contribution is 5.77. The summed E-state index contributed by atoms with van der Waals surface area (Å²) in [7, 11) is 3.50. The Kier molecular flexibility index (Phi) is 7.63. The minimum Gasteiger partial charge on any atom is -0.380 e. The van der Waals surface area contributed by atoms with Gasteiger partial charge in [-0.15, -0.1) is 0 Å². The van der Waals surface area contributed by atoms with E-state index in [9.17, 15) is 4.79 Å².